The van der Waals surface area contributed by atoms with Gasteiger partial charge in [-0.25, -0.2) is 4.79 Å². The van der Waals surface area contributed by atoms with Crippen LogP contribution in [0.3, 0.4) is 0 Å². The van der Waals surface area contributed by atoms with E-state index in [9.17, 15) is 19.2 Å². The number of carboxylic acid groups (broad SMARTS) is 1. The maximum atomic E-state index is 12.9. The fourth-order valence-corrected chi connectivity index (χ4v) is 3.01. The number of amides is 3. The van der Waals surface area contributed by atoms with Crippen LogP contribution < -0.4 is 32.7 Å². The zero-order valence-corrected chi connectivity index (χ0v) is 20.0. The summed E-state index contributed by atoms with van der Waals surface area (Å²) in [6.07, 6.45) is 0.816. The van der Waals surface area contributed by atoms with E-state index in [1.165, 1.54) is 0 Å². The molecule has 32 heavy (non-hydrogen) atoms. The Bertz CT molecular complexity index is 666. The van der Waals surface area contributed by atoms with Gasteiger partial charge in [-0.15, -0.1) is 0 Å². The first-order valence-electron chi connectivity index (χ1n) is 10.1. The minimum Gasteiger partial charge on any atom is -0.480 e. The van der Waals surface area contributed by atoms with Crippen LogP contribution in [0.25, 0.3) is 0 Å². The molecule has 0 aliphatic heterocycles. The number of nitrogens with two attached hydrogens (primary N) is 2. The highest BCUT2D eigenvalue weighted by molar-refractivity contribution is 7.80. The number of guanidine groups is 1. The molecule has 0 fully saturated rings. The van der Waals surface area contributed by atoms with E-state index in [0.29, 0.717) is 13.0 Å². The zero-order chi connectivity index (χ0) is 24.8. The Balaban J connectivity index is 5.39. The van der Waals surface area contributed by atoms with Crippen molar-refractivity contribution in [3.05, 3.63) is 0 Å². The van der Waals surface area contributed by atoms with Crippen molar-refractivity contribution in [1.82, 2.24) is 21.3 Å². The van der Waals surface area contributed by atoms with Gasteiger partial charge in [-0.05, 0) is 25.2 Å². The highest BCUT2D eigenvalue weighted by Gasteiger charge is 2.30. The number of aliphatic carboxylic acids is 1. The molecule has 0 saturated carbocycles. The Morgan fingerprint density at radius 3 is 1.94 bits per heavy atom. The van der Waals surface area contributed by atoms with Crippen LogP contribution in [0, 0.1) is 11.3 Å². The SMILES string of the molecule is CC(C)C[C@H](NC(=O)[C@H](CCCNC(=N)N)NC(=O)[C@@H](N)CS)C(=O)N[C@@H](CS)C(=O)O. The molecular formula is C18H35N7O5S2. The second-order valence-corrected chi connectivity index (χ2v) is 8.34. The molecule has 0 aliphatic carbocycles. The van der Waals surface area contributed by atoms with E-state index in [2.05, 4.69) is 46.5 Å². The number of rotatable bonds is 15. The molecule has 0 unspecified atom stereocenters. The summed E-state index contributed by atoms with van der Waals surface area (Å²) in [4.78, 5) is 49.0. The average molecular weight is 494 g/mol. The standard InChI is InChI=1S/C18H35N7O5S2/c1-9(2)6-12(16(28)25-13(8-32)17(29)30)24-15(27)11(4-3-5-22-18(20)21)23-14(26)10(19)7-31/h9-13,31-32H,3-8,19H2,1-2H3,(H,23,26)(H,24,27)(H,25,28)(H,29,30)(H4,20,21,22)/t10-,11-,12-,13-/m0/s1. The van der Waals surface area contributed by atoms with E-state index < -0.39 is 47.9 Å². The van der Waals surface area contributed by atoms with Crippen LogP contribution in [-0.2, 0) is 19.2 Å². The molecule has 0 saturated heterocycles. The third-order valence-corrected chi connectivity index (χ3v) is 5.05. The van der Waals surface area contributed by atoms with Crippen LogP contribution in [0.4, 0.5) is 0 Å². The van der Waals surface area contributed by atoms with Gasteiger partial charge in [0.1, 0.15) is 18.1 Å². The molecule has 14 heteroatoms. The number of thiol groups is 2. The predicted molar refractivity (Wildman–Crippen MR) is 128 cm³/mol. The van der Waals surface area contributed by atoms with Gasteiger partial charge in [-0.2, -0.15) is 25.3 Å². The summed E-state index contributed by atoms with van der Waals surface area (Å²) in [5.74, 6) is -3.36. The number of carboxylic acids is 1. The minimum atomic E-state index is -1.24. The van der Waals surface area contributed by atoms with Crippen molar-refractivity contribution in [1.29, 1.82) is 5.41 Å². The fourth-order valence-electron chi connectivity index (χ4n) is 2.59. The average Bonchev–Trinajstić information content (AvgIpc) is 2.71. The molecule has 0 aromatic heterocycles. The van der Waals surface area contributed by atoms with Crippen LogP contribution in [0.5, 0.6) is 0 Å². The number of hydrogen-bond acceptors (Lipinski definition) is 8. The first-order chi connectivity index (χ1) is 14.9. The summed E-state index contributed by atoms with van der Waals surface area (Å²) in [5, 5.41) is 26.4. The Morgan fingerprint density at radius 2 is 1.47 bits per heavy atom. The van der Waals surface area contributed by atoms with E-state index in [1.54, 1.807) is 0 Å². The molecule has 0 rings (SSSR count). The summed E-state index contributed by atoms with van der Waals surface area (Å²) in [6, 6.07) is -4.16. The Kier molecular flexibility index (Phi) is 14.5. The molecule has 0 bridgehead atoms. The second kappa shape index (κ2) is 15.6. The maximum absolute atomic E-state index is 12.9. The lowest BCUT2D eigenvalue weighted by atomic mass is 10.0. The number of nitrogens with one attached hydrogen (secondary N) is 5. The molecule has 12 nitrogen and oxygen atoms in total. The summed E-state index contributed by atoms with van der Waals surface area (Å²) >= 11 is 7.89. The summed E-state index contributed by atoms with van der Waals surface area (Å²) in [5.41, 5.74) is 10.9. The monoisotopic (exact) mass is 493 g/mol. The molecular weight excluding hydrogens is 458 g/mol. The summed E-state index contributed by atoms with van der Waals surface area (Å²) in [6.45, 7) is 3.99. The van der Waals surface area contributed by atoms with Crippen molar-refractivity contribution in [3.8, 4) is 0 Å². The lowest BCUT2D eigenvalue weighted by Gasteiger charge is -2.26. The number of carbonyl (C=O) groups is 4. The van der Waals surface area contributed by atoms with Gasteiger partial charge in [-0.1, -0.05) is 13.8 Å². The van der Waals surface area contributed by atoms with Gasteiger partial charge in [0.2, 0.25) is 17.7 Å². The van der Waals surface area contributed by atoms with E-state index in [0.717, 1.165) is 0 Å². The molecule has 0 spiro atoms. The number of carbonyl (C=O) groups excluding carboxylic acids is 3. The Hall–Kier alpha value is -2.19. The summed E-state index contributed by atoms with van der Waals surface area (Å²) in [7, 11) is 0. The molecule has 3 amide bonds. The van der Waals surface area contributed by atoms with Crippen LogP contribution >= 0.6 is 25.3 Å². The van der Waals surface area contributed by atoms with Crippen LogP contribution in [0.1, 0.15) is 33.1 Å². The first kappa shape index (κ1) is 29.8. The molecule has 0 aromatic carbocycles. The lowest BCUT2D eigenvalue weighted by molar-refractivity contribution is -0.141. The lowest BCUT2D eigenvalue weighted by Crippen LogP contribution is -2.57. The van der Waals surface area contributed by atoms with Gasteiger partial charge in [-0.3, -0.25) is 19.8 Å². The Labute approximate surface area is 198 Å². The highest BCUT2D eigenvalue weighted by Crippen LogP contribution is 2.08. The van der Waals surface area contributed by atoms with Crippen molar-refractivity contribution < 1.29 is 24.3 Å². The summed E-state index contributed by atoms with van der Waals surface area (Å²) < 4.78 is 0. The van der Waals surface area contributed by atoms with E-state index >= 15 is 0 Å². The van der Waals surface area contributed by atoms with E-state index in [4.69, 9.17) is 22.0 Å². The molecule has 0 aliphatic rings. The van der Waals surface area contributed by atoms with Crippen molar-refractivity contribution in [2.75, 3.05) is 18.1 Å². The molecule has 0 aromatic rings. The van der Waals surface area contributed by atoms with Gasteiger partial charge in [0.05, 0.1) is 6.04 Å². The molecule has 4 atom stereocenters. The third-order valence-electron chi connectivity index (χ3n) is 4.29. The largest absolute Gasteiger partial charge is 0.480 e. The van der Waals surface area contributed by atoms with Gasteiger partial charge in [0, 0.05) is 18.1 Å². The van der Waals surface area contributed by atoms with Crippen LogP contribution in [-0.4, -0.2) is 77.0 Å². The quantitative estimate of drug-likeness (QED) is 0.0533. The molecule has 10 N–H and O–H groups in total. The molecule has 0 radical (unpaired) electrons. The smallest absolute Gasteiger partial charge is 0.327 e. The van der Waals surface area contributed by atoms with E-state index in [1.807, 2.05) is 13.8 Å². The van der Waals surface area contributed by atoms with Gasteiger partial charge >= 0.3 is 5.97 Å². The van der Waals surface area contributed by atoms with Crippen molar-refractivity contribution in [2.45, 2.75) is 57.3 Å². The number of hydrogen-bond donors (Lipinski definition) is 10. The van der Waals surface area contributed by atoms with Crippen molar-refractivity contribution >= 4 is 54.9 Å². The normalized spacial score (nSPS) is 14.6. The minimum absolute atomic E-state index is 0.00995. The van der Waals surface area contributed by atoms with Crippen molar-refractivity contribution in [3.63, 3.8) is 0 Å². The van der Waals surface area contributed by atoms with E-state index in [-0.39, 0.29) is 36.2 Å². The van der Waals surface area contributed by atoms with Gasteiger partial charge in [0.25, 0.3) is 0 Å². The molecule has 184 valence electrons. The third kappa shape index (κ3) is 12.0. The van der Waals surface area contributed by atoms with Crippen molar-refractivity contribution in [2.24, 2.45) is 17.4 Å². The van der Waals surface area contributed by atoms with Gasteiger partial charge in [0.15, 0.2) is 5.96 Å². The van der Waals surface area contributed by atoms with Crippen LogP contribution in [0.15, 0.2) is 0 Å². The Morgan fingerprint density at radius 1 is 0.938 bits per heavy atom. The maximum Gasteiger partial charge on any atom is 0.327 e. The first-order valence-corrected chi connectivity index (χ1v) is 11.4. The second-order valence-electron chi connectivity index (χ2n) is 7.61. The van der Waals surface area contributed by atoms with Crippen LogP contribution in [0.2, 0.25) is 0 Å². The predicted octanol–water partition coefficient (Wildman–Crippen LogP) is -1.98. The topological polar surface area (TPSA) is 213 Å². The molecule has 0 heterocycles. The zero-order valence-electron chi connectivity index (χ0n) is 18.3. The highest BCUT2D eigenvalue weighted by atomic mass is 32.1. The van der Waals surface area contributed by atoms with Gasteiger partial charge < -0.3 is 37.8 Å². The fraction of sp³-hybridized carbons (Fsp3) is 0.722.